The van der Waals surface area contributed by atoms with Gasteiger partial charge in [-0.25, -0.2) is 9.59 Å². The van der Waals surface area contributed by atoms with Crippen LogP contribution in [0.15, 0.2) is 0 Å². The molecule has 0 saturated heterocycles. The predicted octanol–water partition coefficient (Wildman–Crippen LogP) is 0.698. The monoisotopic (exact) mass is 259 g/mol. The molecule has 3 N–H and O–H groups in total. The van der Waals surface area contributed by atoms with Crippen LogP contribution in [0.4, 0.5) is 9.93 Å². The maximum Gasteiger partial charge on any atom is 0.326 e. The summed E-state index contributed by atoms with van der Waals surface area (Å²) in [5.41, 5.74) is 0. The first kappa shape index (κ1) is 13.3. The maximum absolute atomic E-state index is 11.4. The van der Waals surface area contributed by atoms with Gasteiger partial charge in [0.2, 0.25) is 5.13 Å². The van der Waals surface area contributed by atoms with Gasteiger partial charge in [0, 0.05) is 11.5 Å². The fourth-order valence-corrected chi connectivity index (χ4v) is 1.50. The summed E-state index contributed by atoms with van der Waals surface area (Å²) >= 11 is 0.913. The molecule has 1 atom stereocenters. The number of carboxylic acids is 1. The van der Waals surface area contributed by atoms with Crippen molar-refractivity contribution in [2.45, 2.75) is 32.2 Å². The van der Waals surface area contributed by atoms with Gasteiger partial charge in [0.25, 0.3) is 0 Å². The molecule has 1 aromatic rings. The Morgan fingerprint density at radius 2 is 2.29 bits per heavy atom. The number of hydrogen-bond donors (Lipinski definition) is 3. The van der Waals surface area contributed by atoms with Crippen molar-refractivity contribution in [2.75, 3.05) is 5.32 Å². The Balaban J connectivity index is 2.43. The zero-order valence-corrected chi connectivity index (χ0v) is 10.0. The number of hydrogen-bond acceptors (Lipinski definition) is 6. The highest BCUT2D eigenvalue weighted by molar-refractivity contribution is 7.09. The molecule has 17 heavy (non-hydrogen) atoms. The fourth-order valence-electron chi connectivity index (χ4n) is 1.14. The van der Waals surface area contributed by atoms with E-state index < -0.39 is 18.0 Å². The molecule has 0 spiro atoms. The van der Waals surface area contributed by atoms with E-state index in [1.807, 2.05) is 6.92 Å². The van der Waals surface area contributed by atoms with E-state index in [2.05, 4.69) is 25.4 Å². The van der Waals surface area contributed by atoms with Gasteiger partial charge in [0.15, 0.2) is 0 Å². The molecule has 0 aliphatic rings. The molecular formula is C8H13N5O3S. The summed E-state index contributed by atoms with van der Waals surface area (Å²) in [6.45, 7) is 1.95. The molecule has 0 aliphatic heterocycles. The lowest BCUT2D eigenvalue weighted by Crippen LogP contribution is -2.42. The second-order valence-electron chi connectivity index (χ2n) is 3.30. The Bertz CT molecular complexity index is 369. The lowest BCUT2D eigenvalue weighted by Gasteiger charge is -2.13. The van der Waals surface area contributed by atoms with Crippen LogP contribution in [0.3, 0.4) is 0 Å². The summed E-state index contributed by atoms with van der Waals surface area (Å²) in [7, 11) is 0. The first-order valence-electron chi connectivity index (χ1n) is 5.08. The molecule has 0 radical (unpaired) electrons. The number of anilines is 1. The molecular weight excluding hydrogens is 246 g/mol. The number of carboxylic acid groups (broad SMARTS) is 1. The molecule has 0 bridgehead atoms. The largest absolute Gasteiger partial charge is 0.480 e. The molecule has 0 fully saturated rings. The molecule has 0 saturated carbocycles. The van der Waals surface area contributed by atoms with Gasteiger partial charge in [-0.3, -0.25) is 5.32 Å². The van der Waals surface area contributed by atoms with Crippen molar-refractivity contribution >= 4 is 28.7 Å². The van der Waals surface area contributed by atoms with Crippen molar-refractivity contribution in [1.29, 1.82) is 0 Å². The van der Waals surface area contributed by atoms with Crippen molar-refractivity contribution in [1.82, 2.24) is 20.1 Å². The van der Waals surface area contributed by atoms with Crippen LogP contribution in [0, 0.1) is 0 Å². The van der Waals surface area contributed by atoms with E-state index in [9.17, 15) is 9.59 Å². The van der Waals surface area contributed by atoms with E-state index in [1.165, 1.54) is 0 Å². The first-order chi connectivity index (χ1) is 8.13. The standard InChI is InChI=1S/C8H13N5O3S/c1-2-3-4-5(6(14)15)9-7(16)10-8-11-12-13-17-8/h5H,2-4H2,1H3,(H,14,15)(H2,9,10,11,13,16). The van der Waals surface area contributed by atoms with Crippen molar-refractivity contribution in [3.05, 3.63) is 0 Å². The Morgan fingerprint density at radius 3 is 2.82 bits per heavy atom. The number of carbonyl (C=O) groups is 2. The summed E-state index contributed by atoms with van der Waals surface area (Å²) in [6.07, 6.45) is 2.00. The number of aliphatic carboxylic acids is 1. The van der Waals surface area contributed by atoms with E-state index in [-0.39, 0.29) is 5.13 Å². The first-order valence-corrected chi connectivity index (χ1v) is 5.86. The SMILES string of the molecule is CCCCC(NC(=O)Nc1nnns1)C(=O)O. The third-order valence-electron chi connectivity index (χ3n) is 1.97. The van der Waals surface area contributed by atoms with Crippen molar-refractivity contribution in [2.24, 2.45) is 0 Å². The van der Waals surface area contributed by atoms with Gasteiger partial charge in [0.05, 0.1) is 0 Å². The number of aromatic nitrogens is 3. The predicted molar refractivity (Wildman–Crippen MR) is 60.8 cm³/mol. The number of urea groups is 1. The van der Waals surface area contributed by atoms with Crippen LogP contribution in [-0.2, 0) is 4.79 Å². The molecule has 1 unspecified atom stereocenters. The average Bonchev–Trinajstić information content (AvgIpc) is 2.76. The van der Waals surface area contributed by atoms with Gasteiger partial charge in [-0.1, -0.05) is 29.4 Å². The van der Waals surface area contributed by atoms with Crippen LogP contribution in [0.1, 0.15) is 26.2 Å². The normalized spacial score (nSPS) is 11.8. The van der Waals surface area contributed by atoms with Crippen LogP contribution in [0.5, 0.6) is 0 Å². The van der Waals surface area contributed by atoms with Gasteiger partial charge in [-0.2, -0.15) is 0 Å². The minimum Gasteiger partial charge on any atom is -0.480 e. The van der Waals surface area contributed by atoms with Gasteiger partial charge < -0.3 is 10.4 Å². The topological polar surface area (TPSA) is 117 Å². The summed E-state index contributed by atoms with van der Waals surface area (Å²) in [6, 6.07) is -1.51. The Labute approximate surface area is 102 Å². The minimum absolute atomic E-state index is 0.224. The number of unbranched alkanes of at least 4 members (excludes halogenated alkanes) is 1. The van der Waals surface area contributed by atoms with E-state index in [4.69, 9.17) is 5.11 Å². The molecule has 9 heteroatoms. The zero-order chi connectivity index (χ0) is 12.7. The van der Waals surface area contributed by atoms with E-state index in [0.29, 0.717) is 6.42 Å². The van der Waals surface area contributed by atoms with Crippen LogP contribution in [0.2, 0.25) is 0 Å². The summed E-state index contributed by atoms with van der Waals surface area (Å²) < 4.78 is 3.46. The average molecular weight is 259 g/mol. The number of nitrogens with one attached hydrogen (secondary N) is 2. The lowest BCUT2D eigenvalue weighted by atomic mass is 10.1. The van der Waals surface area contributed by atoms with Gasteiger partial charge in [0.1, 0.15) is 6.04 Å². The summed E-state index contributed by atoms with van der Waals surface area (Å²) in [4.78, 5) is 22.3. The number of rotatable bonds is 6. The lowest BCUT2D eigenvalue weighted by molar-refractivity contribution is -0.139. The molecule has 0 aromatic carbocycles. The molecule has 0 aliphatic carbocycles. The minimum atomic E-state index is -1.05. The van der Waals surface area contributed by atoms with Crippen molar-refractivity contribution in [3.63, 3.8) is 0 Å². The van der Waals surface area contributed by atoms with Gasteiger partial charge in [-0.15, -0.1) is 0 Å². The Morgan fingerprint density at radius 1 is 1.53 bits per heavy atom. The van der Waals surface area contributed by atoms with Gasteiger partial charge in [-0.05, 0) is 11.6 Å². The highest BCUT2D eigenvalue weighted by atomic mass is 32.1. The molecule has 1 aromatic heterocycles. The molecule has 8 nitrogen and oxygen atoms in total. The molecule has 2 amide bonds. The highest BCUT2D eigenvalue weighted by Crippen LogP contribution is 2.05. The second kappa shape index (κ2) is 6.74. The number of nitrogens with zero attached hydrogens (tertiary/aromatic N) is 3. The summed E-state index contributed by atoms with van der Waals surface area (Å²) in [5, 5.41) is 20.6. The molecule has 94 valence electrons. The highest BCUT2D eigenvalue weighted by Gasteiger charge is 2.19. The third-order valence-corrected chi connectivity index (χ3v) is 2.48. The fraction of sp³-hybridized carbons (Fsp3) is 0.625. The smallest absolute Gasteiger partial charge is 0.326 e. The maximum atomic E-state index is 11.4. The molecule has 1 rings (SSSR count). The van der Waals surface area contributed by atoms with Crippen LogP contribution in [-0.4, -0.2) is 37.9 Å². The van der Waals surface area contributed by atoms with Crippen molar-refractivity contribution < 1.29 is 14.7 Å². The van der Waals surface area contributed by atoms with Crippen LogP contribution >= 0.6 is 11.5 Å². The van der Waals surface area contributed by atoms with E-state index >= 15 is 0 Å². The second-order valence-corrected chi connectivity index (χ2v) is 4.03. The summed E-state index contributed by atoms with van der Waals surface area (Å²) in [5.74, 6) is -1.05. The quantitative estimate of drug-likeness (QED) is 0.692. The van der Waals surface area contributed by atoms with E-state index in [1.54, 1.807) is 0 Å². The van der Waals surface area contributed by atoms with Crippen LogP contribution in [0.25, 0.3) is 0 Å². The third kappa shape index (κ3) is 4.72. The van der Waals surface area contributed by atoms with Crippen LogP contribution < -0.4 is 10.6 Å². The molecule has 1 heterocycles. The van der Waals surface area contributed by atoms with Gasteiger partial charge >= 0.3 is 12.0 Å². The Hall–Kier alpha value is -1.77. The Kier molecular flexibility index (Phi) is 5.27. The van der Waals surface area contributed by atoms with E-state index in [0.717, 1.165) is 24.4 Å². The van der Waals surface area contributed by atoms with Crippen molar-refractivity contribution in [3.8, 4) is 0 Å². The number of amides is 2. The zero-order valence-electron chi connectivity index (χ0n) is 9.21. The number of carbonyl (C=O) groups excluding carboxylic acids is 1.